The standard InChI is InChI=1S/C11H17NS/c1-10(2)6-7-12(3)9-11-5-4-8-13-11/h4-5,8H,1,6-7,9H2,2-3H3. The first-order valence-electron chi connectivity index (χ1n) is 4.54. The summed E-state index contributed by atoms with van der Waals surface area (Å²) in [6.07, 6.45) is 1.10. The Morgan fingerprint density at radius 2 is 2.38 bits per heavy atom. The molecule has 0 bridgehead atoms. The second-order valence-corrected chi connectivity index (χ2v) is 4.56. The van der Waals surface area contributed by atoms with Crippen LogP contribution in [-0.2, 0) is 6.54 Å². The summed E-state index contributed by atoms with van der Waals surface area (Å²) in [5.41, 5.74) is 1.26. The Bertz CT molecular complexity index is 251. The first-order chi connectivity index (χ1) is 6.18. The molecule has 13 heavy (non-hydrogen) atoms. The minimum atomic E-state index is 1.06. The number of hydrogen-bond donors (Lipinski definition) is 0. The zero-order valence-corrected chi connectivity index (χ0v) is 9.23. The van der Waals surface area contributed by atoms with E-state index in [4.69, 9.17) is 0 Å². The highest BCUT2D eigenvalue weighted by atomic mass is 32.1. The van der Waals surface area contributed by atoms with Gasteiger partial charge in [0, 0.05) is 18.0 Å². The molecule has 0 amide bonds. The quantitative estimate of drug-likeness (QED) is 0.652. The summed E-state index contributed by atoms with van der Waals surface area (Å²) in [5.74, 6) is 0. The largest absolute Gasteiger partial charge is 0.301 e. The molecule has 0 aliphatic heterocycles. The molecular formula is C11H17NS. The van der Waals surface area contributed by atoms with Gasteiger partial charge in [0.15, 0.2) is 0 Å². The summed E-state index contributed by atoms with van der Waals surface area (Å²) in [4.78, 5) is 3.77. The van der Waals surface area contributed by atoms with Gasteiger partial charge in [0.2, 0.25) is 0 Å². The van der Waals surface area contributed by atoms with Crippen molar-refractivity contribution in [2.75, 3.05) is 13.6 Å². The molecule has 0 spiro atoms. The van der Waals surface area contributed by atoms with E-state index in [0.717, 1.165) is 19.5 Å². The summed E-state index contributed by atoms with van der Waals surface area (Å²) < 4.78 is 0. The molecular weight excluding hydrogens is 178 g/mol. The topological polar surface area (TPSA) is 3.24 Å². The van der Waals surface area contributed by atoms with Crippen LogP contribution in [0.5, 0.6) is 0 Å². The third-order valence-electron chi connectivity index (χ3n) is 1.93. The highest BCUT2D eigenvalue weighted by Gasteiger charge is 2.00. The second-order valence-electron chi connectivity index (χ2n) is 3.52. The smallest absolute Gasteiger partial charge is 0.0324 e. The van der Waals surface area contributed by atoms with E-state index >= 15 is 0 Å². The van der Waals surface area contributed by atoms with E-state index < -0.39 is 0 Å². The van der Waals surface area contributed by atoms with E-state index in [1.54, 1.807) is 0 Å². The van der Waals surface area contributed by atoms with Crippen LogP contribution in [0.25, 0.3) is 0 Å². The van der Waals surface area contributed by atoms with Gasteiger partial charge in [-0.05, 0) is 31.8 Å². The normalized spacial score (nSPS) is 10.7. The van der Waals surface area contributed by atoms with Crippen LogP contribution in [0.2, 0.25) is 0 Å². The van der Waals surface area contributed by atoms with E-state index in [-0.39, 0.29) is 0 Å². The van der Waals surface area contributed by atoms with Crippen molar-refractivity contribution >= 4 is 11.3 Å². The third-order valence-corrected chi connectivity index (χ3v) is 2.79. The highest BCUT2D eigenvalue weighted by molar-refractivity contribution is 7.09. The van der Waals surface area contributed by atoms with Crippen LogP contribution in [0.3, 0.4) is 0 Å². The number of rotatable bonds is 5. The lowest BCUT2D eigenvalue weighted by atomic mass is 10.2. The van der Waals surface area contributed by atoms with Crippen molar-refractivity contribution in [1.82, 2.24) is 4.90 Å². The first-order valence-corrected chi connectivity index (χ1v) is 5.42. The summed E-state index contributed by atoms with van der Waals surface area (Å²) in [7, 11) is 2.16. The second kappa shape index (κ2) is 5.20. The zero-order valence-electron chi connectivity index (χ0n) is 8.42. The molecule has 1 aromatic heterocycles. The maximum absolute atomic E-state index is 3.90. The van der Waals surface area contributed by atoms with Gasteiger partial charge in [0.25, 0.3) is 0 Å². The Morgan fingerprint density at radius 1 is 1.62 bits per heavy atom. The zero-order chi connectivity index (χ0) is 9.68. The molecule has 0 saturated heterocycles. The Hall–Kier alpha value is -0.600. The average molecular weight is 195 g/mol. The van der Waals surface area contributed by atoms with Crippen LogP contribution < -0.4 is 0 Å². The molecule has 1 nitrogen and oxygen atoms in total. The molecule has 1 heterocycles. The molecule has 0 atom stereocenters. The van der Waals surface area contributed by atoms with Crippen molar-refractivity contribution in [3.63, 3.8) is 0 Å². The first kappa shape index (κ1) is 10.5. The maximum Gasteiger partial charge on any atom is 0.0324 e. The van der Waals surface area contributed by atoms with Crippen LogP contribution in [0.4, 0.5) is 0 Å². The van der Waals surface area contributed by atoms with Gasteiger partial charge in [-0.2, -0.15) is 0 Å². The van der Waals surface area contributed by atoms with Gasteiger partial charge in [0.1, 0.15) is 0 Å². The SMILES string of the molecule is C=C(C)CCN(C)Cc1cccs1. The molecule has 0 unspecified atom stereocenters. The Kier molecular flexibility index (Phi) is 4.19. The predicted octanol–water partition coefficient (Wildman–Crippen LogP) is 3.15. The Labute approximate surface area is 84.7 Å². The van der Waals surface area contributed by atoms with Gasteiger partial charge in [-0.25, -0.2) is 0 Å². The molecule has 0 aliphatic carbocycles. The van der Waals surface area contributed by atoms with Crippen molar-refractivity contribution in [3.05, 3.63) is 34.5 Å². The Morgan fingerprint density at radius 3 is 2.92 bits per heavy atom. The van der Waals surface area contributed by atoms with Crippen molar-refractivity contribution in [2.24, 2.45) is 0 Å². The monoisotopic (exact) mass is 195 g/mol. The molecule has 0 N–H and O–H groups in total. The molecule has 0 radical (unpaired) electrons. The molecule has 1 aromatic rings. The molecule has 0 aliphatic rings. The Balaban J connectivity index is 2.25. The lowest BCUT2D eigenvalue weighted by molar-refractivity contribution is 0.334. The van der Waals surface area contributed by atoms with Crippen LogP contribution in [0.1, 0.15) is 18.2 Å². The molecule has 2 heteroatoms. The van der Waals surface area contributed by atoms with Crippen LogP contribution in [0.15, 0.2) is 29.7 Å². The van der Waals surface area contributed by atoms with Crippen LogP contribution in [0, 0.1) is 0 Å². The molecule has 0 fully saturated rings. The fourth-order valence-corrected chi connectivity index (χ4v) is 1.91. The number of hydrogen-bond acceptors (Lipinski definition) is 2. The summed E-state index contributed by atoms with van der Waals surface area (Å²) in [6, 6.07) is 4.29. The van der Waals surface area contributed by atoms with Gasteiger partial charge in [0.05, 0.1) is 0 Å². The minimum absolute atomic E-state index is 1.06. The van der Waals surface area contributed by atoms with Gasteiger partial charge < -0.3 is 4.90 Å². The van der Waals surface area contributed by atoms with Gasteiger partial charge >= 0.3 is 0 Å². The van der Waals surface area contributed by atoms with E-state index in [0.29, 0.717) is 0 Å². The van der Waals surface area contributed by atoms with Crippen molar-refractivity contribution in [2.45, 2.75) is 19.9 Å². The van der Waals surface area contributed by atoms with Crippen molar-refractivity contribution in [3.8, 4) is 0 Å². The number of nitrogens with zero attached hydrogens (tertiary/aromatic N) is 1. The molecule has 1 rings (SSSR count). The lowest BCUT2D eigenvalue weighted by Gasteiger charge is -2.15. The van der Waals surface area contributed by atoms with Crippen molar-refractivity contribution < 1.29 is 0 Å². The van der Waals surface area contributed by atoms with E-state index in [9.17, 15) is 0 Å². The van der Waals surface area contributed by atoms with Crippen LogP contribution >= 0.6 is 11.3 Å². The fraction of sp³-hybridized carbons (Fsp3) is 0.455. The summed E-state index contributed by atoms with van der Waals surface area (Å²) in [6.45, 7) is 8.15. The average Bonchev–Trinajstić information content (AvgIpc) is 2.53. The number of thiophene rings is 1. The fourth-order valence-electron chi connectivity index (χ4n) is 1.13. The lowest BCUT2D eigenvalue weighted by Crippen LogP contribution is -2.18. The molecule has 72 valence electrons. The van der Waals surface area contributed by atoms with Crippen molar-refractivity contribution in [1.29, 1.82) is 0 Å². The highest BCUT2D eigenvalue weighted by Crippen LogP contribution is 2.11. The summed E-state index contributed by atoms with van der Waals surface area (Å²) >= 11 is 1.82. The van der Waals surface area contributed by atoms with Gasteiger partial charge in [-0.3, -0.25) is 0 Å². The summed E-state index contributed by atoms with van der Waals surface area (Å²) in [5, 5.41) is 2.13. The van der Waals surface area contributed by atoms with E-state index in [1.165, 1.54) is 10.5 Å². The molecule has 0 saturated carbocycles. The predicted molar refractivity (Wildman–Crippen MR) is 60.1 cm³/mol. The minimum Gasteiger partial charge on any atom is -0.301 e. The maximum atomic E-state index is 3.90. The van der Waals surface area contributed by atoms with Crippen LogP contribution in [-0.4, -0.2) is 18.5 Å². The van der Waals surface area contributed by atoms with E-state index in [2.05, 4.69) is 43.0 Å². The van der Waals surface area contributed by atoms with E-state index in [1.807, 2.05) is 11.3 Å². The third kappa shape index (κ3) is 4.25. The molecule has 0 aromatic carbocycles. The van der Waals surface area contributed by atoms with Gasteiger partial charge in [-0.1, -0.05) is 11.6 Å². The van der Waals surface area contributed by atoms with Gasteiger partial charge in [-0.15, -0.1) is 17.9 Å².